The Morgan fingerprint density at radius 1 is 1.25 bits per heavy atom. The van der Waals surface area contributed by atoms with Crippen LogP contribution in [0.2, 0.25) is 0 Å². The third-order valence-corrected chi connectivity index (χ3v) is 3.21. The highest BCUT2D eigenvalue weighted by Gasteiger charge is 2.11. The number of methoxy groups -OCH3 is 1. The van der Waals surface area contributed by atoms with Gasteiger partial charge in [0.2, 0.25) is 11.8 Å². The highest BCUT2D eigenvalue weighted by atomic mass is 16.5. The number of nitrogen functional groups attached to an aromatic ring is 1. The summed E-state index contributed by atoms with van der Waals surface area (Å²) in [6.45, 7) is 2.57. The van der Waals surface area contributed by atoms with Crippen molar-refractivity contribution in [2.75, 3.05) is 12.8 Å². The summed E-state index contributed by atoms with van der Waals surface area (Å²) in [6, 6.07) is 5.70. The van der Waals surface area contributed by atoms with Gasteiger partial charge in [-0.3, -0.25) is 4.57 Å². The second kappa shape index (κ2) is 4.80. The fourth-order valence-electron chi connectivity index (χ4n) is 2.12. The third-order valence-electron chi connectivity index (χ3n) is 3.21. The van der Waals surface area contributed by atoms with E-state index in [0.717, 1.165) is 22.3 Å². The fourth-order valence-corrected chi connectivity index (χ4v) is 2.12. The summed E-state index contributed by atoms with van der Waals surface area (Å²) in [5.74, 6) is 1.05. The predicted octanol–water partition coefficient (Wildman–Crippen LogP) is 1.77. The van der Waals surface area contributed by atoms with E-state index < -0.39 is 0 Å². The van der Waals surface area contributed by atoms with E-state index in [1.54, 1.807) is 19.5 Å². The van der Waals surface area contributed by atoms with E-state index in [4.69, 9.17) is 10.5 Å². The molecule has 3 heterocycles. The molecule has 0 spiro atoms. The zero-order valence-corrected chi connectivity index (χ0v) is 11.4. The molecule has 0 unspecified atom stereocenters. The van der Waals surface area contributed by atoms with E-state index in [9.17, 15) is 0 Å². The summed E-state index contributed by atoms with van der Waals surface area (Å²) < 4.78 is 6.93. The normalized spacial score (nSPS) is 10.9. The second-order valence-electron chi connectivity index (χ2n) is 4.57. The van der Waals surface area contributed by atoms with Crippen molar-refractivity contribution in [3.05, 3.63) is 41.7 Å². The monoisotopic (exact) mass is 269 g/mol. The van der Waals surface area contributed by atoms with Crippen LogP contribution in [-0.4, -0.2) is 26.6 Å². The molecule has 0 atom stereocenters. The summed E-state index contributed by atoms with van der Waals surface area (Å²) in [6.07, 6.45) is 3.53. The van der Waals surface area contributed by atoms with Crippen LogP contribution in [0, 0.1) is 6.92 Å². The number of nitrogens with zero attached hydrogens (tertiary/aromatic N) is 4. The maximum Gasteiger partial charge on any atom is 0.212 e. The van der Waals surface area contributed by atoms with Crippen LogP contribution in [-0.2, 0) is 6.54 Å². The van der Waals surface area contributed by atoms with E-state index >= 15 is 0 Å². The van der Waals surface area contributed by atoms with E-state index in [2.05, 4.69) is 15.0 Å². The van der Waals surface area contributed by atoms with Gasteiger partial charge in [0.25, 0.3) is 0 Å². The number of hydrogen-bond acceptors (Lipinski definition) is 5. The van der Waals surface area contributed by atoms with Gasteiger partial charge in [0.1, 0.15) is 5.52 Å². The number of anilines is 1. The van der Waals surface area contributed by atoms with Crippen molar-refractivity contribution >= 4 is 17.1 Å². The van der Waals surface area contributed by atoms with Crippen LogP contribution in [0.25, 0.3) is 11.2 Å². The summed E-state index contributed by atoms with van der Waals surface area (Å²) in [5.41, 5.74) is 9.70. The first kappa shape index (κ1) is 12.4. The number of hydrogen-bond donors (Lipinski definition) is 1. The van der Waals surface area contributed by atoms with Crippen LogP contribution in [0.15, 0.2) is 30.6 Å². The lowest BCUT2D eigenvalue weighted by atomic mass is 10.2. The SMILES string of the molecule is COc1ccc(Cn2c(N)nc3c(C)ccnc32)cn1. The lowest BCUT2D eigenvalue weighted by molar-refractivity contribution is 0.397. The van der Waals surface area contributed by atoms with Gasteiger partial charge >= 0.3 is 0 Å². The van der Waals surface area contributed by atoms with Crippen LogP contribution in [0.5, 0.6) is 5.88 Å². The molecule has 6 heteroatoms. The Bertz CT molecular complexity index is 748. The van der Waals surface area contributed by atoms with Crippen molar-refractivity contribution in [3.63, 3.8) is 0 Å². The first-order valence-corrected chi connectivity index (χ1v) is 6.25. The van der Waals surface area contributed by atoms with Crippen molar-refractivity contribution in [1.29, 1.82) is 0 Å². The quantitative estimate of drug-likeness (QED) is 0.784. The van der Waals surface area contributed by atoms with Crippen molar-refractivity contribution in [3.8, 4) is 5.88 Å². The number of aryl methyl sites for hydroxylation is 1. The zero-order valence-electron chi connectivity index (χ0n) is 11.4. The largest absolute Gasteiger partial charge is 0.481 e. The van der Waals surface area contributed by atoms with Gasteiger partial charge in [-0.25, -0.2) is 15.0 Å². The molecule has 0 fully saturated rings. The molecule has 20 heavy (non-hydrogen) atoms. The Hall–Kier alpha value is -2.63. The summed E-state index contributed by atoms with van der Waals surface area (Å²) in [7, 11) is 1.59. The predicted molar refractivity (Wildman–Crippen MR) is 76.6 cm³/mol. The number of rotatable bonds is 3. The van der Waals surface area contributed by atoms with Gasteiger partial charge in [0.05, 0.1) is 13.7 Å². The standard InChI is InChI=1S/C14H15N5O/c1-9-5-6-16-13-12(9)18-14(15)19(13)8-10-3-4-11(20-2)17-7-10/h3-7H,8H2,1-2H3,(H2,15,18). The maximum absolute atomic E-state index is 5.99. The topological polar surface area (TPSA) is 78.9 Å². The molecule has 0 aliphatic heterocycles. The first-order chi connectivity index (χ1) is 9.69. The molecule has 0 radical (unpaired) electrons. The van der Waals surface area contributed by atoms with Crippen LogP contribution in [0.1, 0.15) is 11.1 Å². The number of imidazole rings is 1. The Morgan fingerprint density at radius 3 is 2.80 bits per heavy atom. The molecule has 0 amide bonds. The minimum Gasteiger partial charge on any atom is -0.481 e. The number of aromatic nitrogens is 4. The van der Waals surface area contributed by atoms with Crippen molar-refractivity contribution in [1.82, 2.24) is 19.5 Å². The van der Waals surface area contributed by atoms with Gasteiger partial charge in [0.15, 0.2) is 5.65 Å². The molecular weight excluding hydrogens is 254 g/mol. The Labute approximate surface area is 116 Å². The summed E-state index contributed by atoms with van der Waals surface area (Å²) in [4.78, 5) is 12.9. The minimum atomic E-state index is 0.456. The minimum absolute atomic E-state index is 0.456. The molecule has 6 nitrogen and oxygen atoms in total. The molecule has 0 aromatic carbocycles. The number of nitrogens with two attached hydrogens (primary N) is 1. The lowest BCUT2D eigenvalue weighted by Crippen LogP contribution is -2.05. The molecule has 102 valence electrons. The number of fused-ring (bicyclic) bond motifs is 1. The lowest BCUT2D eigenvalue weighted by Gasteiger charge is -2.06. The van der Waals surface area contributed by atoms with Crippen molar-refractivity contribution in [2.45, 2.75) is 13.5 Å². The highest BCUT2D eigenvalue weighted by molar-refractivity contribution is 5.77. The molecule has 0 aliphatic carbocycles. The van der Waals surface area contributed by atoms with Crippen LogP contribution in [0.3, 0.4) is 0 Å². The second-order valence-corrected chi connectivity index (χ2v) is 4.57. The molecule has 0 aliphatic rings. The van der Waals surface area contributed by atoms with Crippen LogP contribution in [0.4, 0.5) is 5.95 Å². The average molecular weight is 269 g/mol. The fraction of sp³-hybridized carbons (Fsp3) is 0.214. The first-order valence-electron chi connectivity index (χ1n) is 6.25. The zero-order chi connectivity index (χ0) is 14.1. The molecule has 3 aromatic heterocycles. The van der Waals surface area contributed by atoms with Gasteiger partial charge in [-0.05, 0) is 24.1 Å². The van der Waals surface area contributed by atoms with Gasteiger partial charge in [-0.2, -0.15) is 0 Å². The maximum atomic E-state index is 5.99. The Kier molecular flexibility index (Phi) is 2.98. The van der Waals surface area contributed by atoms with Gasteiger partial charge in [-0.15, -0.1) is 0 Å². The molecule has 0 bridgehead atoms. The smallest absolute Gasteiger partial charge is 0.212 e. The van der Waals surface area contributed by atoms with Crippen LogP contribution < -0.4 is 10.5 Å². The van der Waals surface area contributed by atoms with E-state index in [1.807, 2.05) is 29.7 Å². The molecule has 0 saturated carbocycles. The molecular formula is C14H15N5O. The highest BCUT2D eigenvalue weighted by Crippen LogP contribution is 2.20. The van der Waals surface area contributed by atoms with Crippen molar-refractivity contribution in [2.24, 2.45) is 0 Å². The number of pyridine rings is 2. The van der Waals surface area contributed by atoms with E-state index in [1.165, 1.54) is 0 Å². The summed E-state index contributed by atoms with van der Waals surface area (Å²) in [5, 5.41) is 0. The van der Waals surface area contributed by atoms with Gasteiger partial charge < -0.3 is 10.5 Å². The van der Waals surface area contributed by atoms with E-state index in [0.29, 0.717) is 18.4 Å². The van der Waals surface area contributed by atoms with Crippen LogP contribution >= 0.6 is 0 Å². The van der Waals surface area contributed by atoms with Gasteiger partial charge in [0, 0.05) is 18.5 Å². The summed E-state index contributed by atoms with van der Waals surface area (Å²) >= 11 is 0. The van der Waals surface area contributed by atoms with E-state index in [-0.39, 0.29) is 0 Å². The third kappa shape index (κ3) is 2.05. The Balaban J connectivity index is 2.01. The molecule has 3 rings (SSSR count). The number of ether oxygens (including phenoxy) is 1. The molecule has 2 N–H and O–H groups in total. The average Bonchev–Trinajstić information content (AvgIpc) is 2.78. The Morgan fingerprint density at radius 2 is 2.10 bits per heavy atom. The van der Waals surface area contributed by atoms with Crippen molar-refractivity contribution < 1.29 is 4.74 Å². The molecule has 0 saturated heterocycles. The van der Waals surface area contributed by atoms with Gasteiger partial charge in [-0.1, -0.05) is 6.07 Å². The molecule has 3 aromatic rings.